The molecule has 20 heavy (non-hydrogen) atoms. The average molecular weight is 277 g/mol. The van der Waals surface area contributed by atoms with Gasteiger partial charge < -0.3 is 19.9 Å². The Balaban J connectivity index is 1.95. The highest BCUT2D eigenvalue weighted by Crippen LogP contribution is 2.17. The molecule has 1 heterocycles. The lowest BCUT2D eigenvalue weighted by atomic mass is 10.2. The van der Waals surface area contributed by atoms with Crippen LogP contribution in [0.1, 0.15) is 0 Å². The summed E-state index contributed by atoms with van der Waals surface area (Å²) in [5.74, 6) is -0.0635. The summed E-state index contributed by atoms with van der Waals surface area (Å²) in [4.78, 5) is 26.5. The van der Waals surface area contributed by atoms with Crippen LogP contribution >= 0.6 is 0 Å². The minimum atomic E-state index is -0.197. The summed E-state index contributed by atoms with van der Waals surface area (Å²) in [5, 5.41) is 2.76. The van der Waals surface area contributed by atoms with Gasteiger partial charge in [-0.1, -0.05) is 18.2 Å². The molecule has 2 rings (SSSR count). The van der Waals surface area contributed by atoms with Gasteiger partial charge >= 0.3 is 6.03 Å². The van der Waals surface area contributed by atoms with Crippen molar-refractivity contribution in [2.75, 3.05) is 38.7 Å². The molecule has 1 fully saturated rings. The standard InChI is InChI=1S/C14H19N3O3/c1-16(2)14(19)15-8-12-9-17(13(18)10-20-12)11-6-4-3-5-7-11/h3-7,12H,8-10H2,1-2H3,(H,15,19). The zero-order valence-electron chi connectivity index (χ0n) is 11.7. The highest BCUT2D eigenvalue weighted by Gasteiger charge is 2.27. The van der Waals surface area contributed by atoms with Crippen molar-refractivity contribution in [1.29, 1.82) is 0 Å². The number of rotatable bonds is 3. The van der Waals surface area contributed by atoms with E-state index in [0.29, 0.717) is 13.1 Å². The van der Waals surface area contributed by atoms with Crippen LogP contribution in [-0.2, 0) is 9.53 Å². The third-order valence-electron chi connectivity index (χ3n) is 3.08. The summed E-state index contributed by atoms with van der Waals surface area (Å²) >= 11 is 0. The topological polar surface area (TPSA) is 61.9 Å². The van der Waals surface area contributed by atoms with E-state index in [2.05, 4.69) is 5.32 Å². The van der Waals surface area contributed by atoms with Gasteiger partial charge in [0.25, 0.3) is 5.91 Å². The lowest BCUT2D eigenvalue weighted by Crippen LogP contribution is -2.51. The van der Waals surface area contributed by atoms with E-state index < -0.39 is 0 Å². The molecule has 1 atom stereocenters. The van der Waals surface area contributed by atoms with Gasteiger partial charge in [-0.25, -0.2) is 4.79 Å². The van der Waals surface area contributed by atoms with Gasteiger partial charge in [0.15, 0.2) is 0 Å². The number of nitrogens with zero attached hydrogens (tertiary/aromatic N) is 2. The number of benzene rings is 1. The Morgan fingerprint density at radius 2 is 2.10 bits per heavy atom. The van der Waals surface area contributed by atoms with E-state index in [1.807, 2.05) is 30.3 Å². The first-order chi connectivity index (χ1) is 9.58. The lowest BCUT2D eigenvalue weighted by Gasteiger charge is -2.33. The predicted molar refractivity (Wildman–Crippen MR) is 75.6 cm³/mol. The van der Waals surface area contributed by atoms with Crippen molar-refractivity contribution < 1.29 is 14.3 Å². The van der Waals surface area contributed by atoms with E-state index in [1.54, 1.807) is 19.0 Å². The molecule has 0 aliphatic carbocycles. The zero-order chi connectivity index (χ0) is 14.5. The normalized spacial score (nSPS) is 18.8. The molecule has 1 aromatic carbocycles. The van der Waals surface area contributed by atoms with E-state index in [1.165, 1.54) is 4.90 Å². The fraction of sp³-hybridized carbons (Fsp3) is 0.429. The Hall–Kier alpha value is -2.08. The average Bonchev–Trinajstić information content (AvgIpc) is 2.46. The molecule has 0 radical (unpaired) electrons. The molecule has 0 aromatic heterocycles. The Morgan fingerprint density at radius 1 is 1.40 bits per heavy atom. The smallest absolute Gasteiger partial charge is 0.316 e. The van der Waals surface area contributed by atoms with Gasteiger partial charge in [-0.2, -0.15) is 0 Å². The molecule has 6 nitrogen and oxygen atoms in total. The molecule has 108 valence electrons. The van der Waals surface area contributed by atoms with Crippen molar-refractivity contribution in [1.82, 2.24) is 10.2 Å². The number of amides is 3. The van der Waals surface area contributed by atoms with E-state index in [-0.39, 0.29) is 24.6 Å². The molecule has 6 heteroatoms. The van der Waals surface area contributed by atoms with Crippen LogP contribution in [0, 0.1) is 0 Å². The summed E-state index contributed by atoms with van der Waals surface area (Å²) in [6.45, 7) is 0.863. The van der Waals surface area contributed by atoms with E-state index in [9.17, 15) is 9.59 Å². The summed E-state index contributed by atoms with van der Waals surface area (Å²) in [5.41, 5.74) is 0.852. The van der Waals surface area contributed by atoms with Gasteiger partial charge in [0.2, 0.25) is 0 Å². The number of anilines is 1. The van der Waals surface area contributed by atoms with Gasteiger partial charge in [0.1, 0.15) is 6.61 Å². The fourth-order valence-electron chi connectivity index (χ4n) is 1.97. The van der Waals surface area contributed by atoms with Crippen LogP contribution < -0.4 is 10.2 Å². The van der Waals surface area contributed by atoms with Crippen molar-refractivity contribution in [2.45, 2.75) is 6.10 Å². The number of urea groups is 1. The number of hydrogen-bond acceptors (Lipinski definition) is 3. The van der Waals surface area contributed by atoms with Gasteiger partial charge in [-0.3, -0.25) is 4.79 Å². The van der Waals surface area contributed by atoms with Gasteiger partial charge in [-0.05, 0) is 12.1 Å². The Kier molecular flexibility index (Phi) is 4.57. The summed E-state index contributed by atoms with van der Waals surface area (Å²) in [6.07, 6.45) is -0.197. The Morgan fingerprint density at radius 3 is 2.75 bits per heavy atom. The molecule has 1 N–H and O–H groups in total. The summed E-state index contributed by atoms with van der Waals surface area (Å²) in [6, 6.07) is 9.29. The van der Waals surface area contributed by atoms with Crippen molar-refractivity contribution in [3.05, 3.63) is 30.3 Å². The Bertz CT molecular complexity index is 476. The zero-order valence-corrected chi connectivity index (χ0v) is 11.7. The molecule has 0 spiro atoms. The number of hydrogen-bond donors (Lipinski definition) is 1. The molecule has 0 saturated carbocycles. The van der Waals surface area contributed by atoms with Crippen molar-refractivity contribution >= 4 is 17.6 Å². The van der Waals surface area contributed by atoms with Crippen LogP contribution in [-0.4, -0.2) is 56.7 Å². The maximum atomic E-state index is 11.9. The van der Waals surface area contributed by atoms with Crippen molar-refractivity contribution in [3.63, 3.8) is 0 Å². The first-order valence-electron chi connectivity index (χ1n) is 6.50. The second-order valence-electron chi connectivity index (χ2n) is 4.85. The Labute approximate surface area is 118 Å². The quantitative estimate of drug-likeness (QED) is 0.884. The third kappa shape index (κ3) is 3.48. The number of morpholine rings is 1. The second kappa shape index (κ2) is 6.38. The van der Waals surface area contributed by atoms with Crippen LogP contribution in [0.3, 0.4) is 0 Å². The molecule has 1 aliphatic heterocycles. The highest BCUT2D eigenvalue weighted by atomic mass is 16.5. The lowest BCUT2D eigenvalue weighted by molar-refractivity contribution is -0.129. The van der Waals surface area contributed by atoms with E-state index in [4.69, 9.17) is 4.74 Å². The van der Waals surface area contributed by atoms with Crippen molar-refractivity contribution in [3.8, 4) is 0 Å². The summed E-state index contributed by atoms with van der Waals surface area (Å²) < 4.78 is 5.45. The number of carbonyl (C=O) groups excluding carboxylic acids is 2. The van der Waals surface area contributed by atoms with Crippen LogP contribution in [0.2, 0.25) is 0 Å². The molecular formula is C14H19N3O3. The molecular weight excluding hydrogens is 258 g/mol. The largest absolute Gasteiger partial charge is 0.365 e. The monoisotopic (exact) mass is 277 g/mol. The number of ether oxygens (including phenoxy) is 1. The number of carbonyl (C=O) groups is 2. The van der Waals surface area contributed by atoms with Gasteiger partial charge in [0.05, 0.1) is 12.6 Å². The molecule has 1 aromatic rings. The van der Waals surface area contributed by atoms with Crippen molar-refractivity contribution in [2.24, 2.45) is 0 Å². The van der Waals surface area contributed by atoms with Gasteiger partial charge in [0, 0.05) is 26.3 Å². The van der Waals surface area contributed by atoms with E-state index in [0.717, 1.165) is 5.69 Å². The SMILES string of the molecule is CN(C)C(=O)NCC1CN(c2ccccc2)C(=O)CO1. The molecule has 0 bridgehead atoms. The van der Waals surface area contributed by atoms with Crippen LogP contribution in [0.25, 0.3) is 0 Å². The first kappa shape index (κ1) is 14.3. The molecule has 1 aliphatic rings. The second-order valence-corrected chi connectivity index (χ2v) is 4.85. The first-order valence-corrected chi connectivity index (χ1v) is 6.50. The van der Waals surface area contributed by atoms with Crippen LogP contribution in [0.15, 0.2) is 30.3 Å². The molecule has 1 saturated heterocycles. The maximum absolute atomic E-state index is 11.9. The number of para-hydroxylation sites is 1. The van der Waals surface area contributed by atoms with E-state index >= 15 is 0 Å². The van der Waals surface area contributed by atoms with Crippen LogP contribution in [0.5, 0.6) is 0 Å². The molecule has 3 amide bonds. The number of nitrogens with one attached hydrogen (secondary N) is 1. The minimum absolute atomic E-state index is 0.0391. The highest BCUT2D eigenvalue weighted by molar-refractivity contribution is 5.94. The third-order valence-corrected chi connectivity index (χ3v) is 3.08. The van der Waals surface area contributed by atoms with Crippen LogP contribution in [0.4, 0.5) is 10.5 Å². The maximum Gasteiger partial charge on any atom is 0.316 e. The summed E-state index contributed by atoms with van der Waals surface area (Å²) in [7, 11) is 3.35. The fourth-order valence-corrected chi connectivity index (χ4v) is 1.97. The van der Waals surface area contributed by atoms with Gasteiger partial charge in [-0.15, -0.1) is 0 Å². The minimum Gasteiger partial charge on any atom is -0.365 e. The predicted octanol–water partition coefficient (Wildman–Crippen LogP) is 0.690. The molecule has 1 unspecified atom stereocenters.